The van der Waals surface area contributed by atoms with Crippen LogP contribution in [0.25, 0.3) is 32.4 Å². The van der Waals surface area contributed by atoms with E-state index in [1.54, 1.807) is 0 Å². The molecule has 0 bridgehead atoms. The van der Waals surface area contributed by atoms with Crippen molar-refractivity contribution in [1.29, 1.82) is 0 Å². The number of aryl methyl sites for hydroxylation is 3. The molecule has 23 heavy (non-hydrogen) atoms. The van der Waals surface area contributed by atoms with Crippen LogP contribution in [0.1, 0.15) is 11.1 Å². The Morgan fingerprint density at radius 2 is 1.78 bits per heavy atom. The lowest BCUT2D eigenvalue weighted by atomic mass is 9.96. The van der Waals surface area contributed by atoms with Gasteiger partial charge in [-0.1, -0.05) is 53.6 Å². The van der Waals surface area contributed by atoms with Crippen molar-refractivity contribution in [2.75, 3.05) is 0 Å². The molecule has 1 aromatic heterocycles. The van der Waals surface area contributed by atoms with Crippen LogP contribution in [0.15, 0.2) is 47.3 Å². The van der Waals surface area contributed by atoms with Crippen molar-refractivity contribution < 1.29 is 0 Å². The van der Waals surface area contributed by atoms with E-state index in [1.165, 1.54) is 5.56 Å². The predicted molar refractivity (Wildman–Crippen MR) is 96.7 cm³/mol. The Bertz CT molecular complexity index is 1200. The van der Waals surface area contributed by atoms with Gasteiger partial charge in [0, 0.05) is 22.7 Å². The number of hydrogen-bond donors (Lipinski definition) is 0. The average molecular weight is 320 g/mol. The van der Waals surface area contributed by atoms with Crippen LogP contribution in [-0.4, -0.2) is 4.57 Å². The van der Waals surface area contributed by atoms with Crippen LogP contribution in [0.5, 0.6) is 0 Å². The van der Waals surface area contributed by atoms with Crippen molar-refractivity contribution in [3.63, 3.8) is 0 Å². The predicted octanol–water partition coefficient (Wildman–Crippen LogP) is 4.83. The van der Waals surface area contributed by atoms with Crippen LogP contribution in [0, 0.1) is 6.92 Å². The maximum Gasteiger partial charge on any atom is 0.258 e. The van der Waals surface area contributed by atoms with Crippen LogP contribution in [0.4, 0.5) is 0 Å². The largest absolute Gasteiger partial charge is 0.307 e. The molecule has 112 valence electrons. The third-order valence-corrected chi connectivity index (χ3v) is 5.43. The number of hydrogen-bond acceptors (Lipinski definition) is 1. The molecule has 0 radical (unpaired) electrons. The van der Waals surface area contributed by atoms with Crippen LogP contribution in [0.3, 0.4) is 0 Å². The zero-order chi connectivity index (χ0) is 15.7. The van der Waals surface area contributed by atoms with E-state index in [0.717, 1.165) is 49.5 Å². The number of aromatic nitrogens is 1. The number of halogens is 1. The van der Waals surface area contributed by atoms with Gasteiger partial charge in [0.2, 0.25) is 0 Å². The quantitative estimate of drug-likeness (QED) is 0.426. The van der Waals surface area contributed by atoms with E-state index in [2.05, 4.69) is 25.1 Å². The lowest BCUT2D eigenvalue weighted by molar-refractivity contribution is 0.747. The van der Waals surface area contributed by atoms with Gasteiger partial charge in [-0.2, -0.15) is 0 Å². The summed E-state index contributed by atoms with van der Waals surface area (Å²) in [7, 11) is 0. The maximum absolute atomic E-state index is 12.8. The van der Waals surface area contributed by atoms with Crippen molar-refractivity contribution in [2.24, 2.45) is 0 Å². The Morgan fingerprint density at radius 3 is 2.61 bits per heavy atom. The summed E-state index contributed by atoms with van der Waals surface area (Å²) < 4.78 is 1.90. The van der Waals surface area contributed by atoms with Crippen molar-refractivity contribution in [3.8, 4) is 0 Å². The molecule has 0 spiro atoms. The maximum atomic E-state index is 12.8. The van der Waals surface area contributed by atoms with Gasteiger partial charge in [0.25, 0.3) is 5.56 Å². The first-order valence-corrected chi connectivity index (χ1v) is 8.20. The highest BCUT2D eigenvalue weighted by molar-refractivity contribution is 6.39. The highest BCUT2D eigenvalue weighted by Gasteiger charge is 2.24. The summed E-state index contributed by atoms with van der Waals surface area (Å²) >= 11 is 6.69. The third-order valence-electron chi connectivity index (χ3n) is 5.00. The molecule has 0 atom stereocenters. The SMILES string of the molecule is Cc1ccc2c(Cl)c3c4c(c2c1)c1ccccc1c(=O)n4CC3. The van der Waals surface area contributed by atoms with Crippen molar-refractivity contribution in [2.45, 2.75) is 19.9 Å². The Morgan fingerprint density at radius 1 is 1.00 bits per heavy atom. The molecule has 0 saturated heterocycles. The molecule has 4 aromatic rings. The summed E-state index contributed by atoms with van der Waals surface area (Å²) in [6.07, 6.45) is 0.824. The molecule has 1 aliphatic rings. The molecule has 0 unspecified atom stereocenters. The van der Waals surface area contributed by atoms with Gasteiger partial charge in [-0.3, -0.25) is 4.79 Å². The lowest BCUT2D eigenvalue weighted by Crippen LogP contribution is -2.18. The van der Waals surface area contributed by atoms with Crippen molar-refractivity contribution in [3.05, 3.63) is 69.0 Å². The summed E-state index contributed by atoms with van der Waals surface area (Å²) in [5.74, 6) is 0. The molecule has 0 amide bonds. The summed E-state index contributed by atoms with van der Waals surface area (Å²) in [5, 5.41) is 6.00. The third kappa shape index (κ3) is 1.57. The summed E-state index contributed by atoms with van der Waals surface area (Å²) in [5.41, 5.74) is 3.43. The normalized spacial score (nSPS) is 13.5. The topological polar surface area (TPSA) is 22.0 Å². The molecule has 3 aromatic carbocycles. The van der Waals surface area contributed by atoms with Gasteiger partial charge in [-0.25, -0.2) is 0 Å². The number of benzene rings is 3. The minimum Gasteiger partial charge on any atom is -0.307 e. The van der Waals surface area contributed by atoms with Gasteiger partial charge in [-0.15, -0.1) is 0 Å². The molecule has 2 nitrogen and oxygen atoms in total. The Balaban J connectivity index is 2.25. The van der Waals surface area contributed by atoms with Gasteiger partial charge in [0.1, 0.15) is 0 Å². The highest BCUT2D eigenvalue weighted by Crippen LogP contribution is 2.41. The first-order valence-electron chi connectivity index (χ1n) is 7.83. The Hall–Kier alpha value is -2.32. The molecule has 5 rings (SSSR count). The molecule has 3 heteroatoms. The van der Waals surface area contributed by atoms with Crippen molar-refractivity contribution >= 4 is 44.0 Å². The summed E-state index contributed by atoms with van der Waals surface area (Å²) in [4.78, 5) is 12.8. The van der Waals surface area contributed by atoms with Gasteiger partial charge >= 0.3 is 0 Å². The van der Waals surface area contributed by atoms with Crippen LogP contribution in [-0.2, 0) is 13.0 Å². The molecule has 0 N–H and O–H groups in total. The molecule has 0 aliphatic carbocycles. The summed E-state index contributed by atoms with van der Waals surface area (Å²) in [6, 6.07) is 14.3. The van der Waals surface area contributed by atoms with E-state index >= 15 is 0 Å². The zero-order valence-electron chi connectivity index (χ0n) is 12.7. The monoisotopic (exact) mass is 319 g/mol. The smallest absolute Gasteiger partial charge is 0.258 e. The zero-order valence-corrected chi connectivity index (χ0v) is 13.4. The van der Waals surface area contributed by atoms with Gasteiger partial charge in [0.05, 0.1) is 10.5 Å². The fourth-order valence-corrected chi connectivity index (χ4v) is 4.32. The van der Waals surface area contributed by atoms with Crippen LogP contribution >= 0.6 is 11.6 Å². The van der Waals surface area contributed by atoms with E-state index in [4.69, 9.17) is 11.6 Å². The van der Waals surface area contributed by atoms with E-state index in [9.17, 15) is 4.79 Å². The molecule has 0 saturated carbocycles. The van der Waals surface area contributed by atoms with Crippen molar-refractivity contribution in [1.82, 2.24) is 4.57 Å². The van der Waals surface area contributed by atoms with E-state index in [-0.39, 0.29) is 5.56 Å². The molecular weight excluding hydrogens is 306 g/mol. The molecule has 2 heterocycles. The second kappa shape index (κ2) is 4.36. The second-order valence-corrected chi connectivity index (χ2v) is 6.70. The van der Waals surface area contributed by atoms with E-state index < -0.39 is 0 Å². The first kappa shape index (κ1) is 13.1. The fraction of sp³-hybridized carbons (Fsp3) is 0.150. The Labute approximate surface area is 137 Å². The lowest BCUT2D eigenvalue weighted by Gasteiger charge is -2.13. The number of rotatable bonds is 0. The van der Waals surface area contributed by atoms with E-state index in [0.29, 0.717) is 6.54 Å². The van der Waals surface area contributed by atoms with Gasteiger partial charge in [0.15, 0.2) is 0 Å². The minimum absolute atomic E-state index is 0.0925. The molecule has 1 aliphatic heterocycles. The minimum atomic E-state index is 0.0925. The number of fused-ring (bicyclic) bond motifs is 4. The average Bonchev–Trinajstić information content (AvgIpc) is 3.00. The number of pyridine rings is 1. The van der Waals surface area contributed by atoms with E-state index in [1.807, 2.05) is 28.8 Å². The standard InChI is InChI=1S/C20H14ClNO/c1-11-6-7-13-16(10-11)17-12-4-2-3-5-14(12)20(23)22-9-8-15(18(13)21)19(17)22/h2-7,10H,8-9H2,1H3. The molecular formula is C20H14ClNO. The van der Waals surface area contributed by atoms with Gasteiger partial charge in [-0.05, 0) is 35.7 Å². The molecule has 0 fully saturated rings. The van der Waals surface area contributed by atoms with Crippen LogP contribution in [0.2, 0.25) is 5.02 Å². The Kier molecular flexibility index (Phi) is 2.49. The summed E-state index contributed by atoms with van der Waals surface area (Å²) in [6.45, 7) is 2.80. The number of nitrogens with zero attached hydrogens (tertiary/aromatic N) is 1. The second-order valence-electron chi connectivity index (χ2n) is 6.32. The first-order chi connectivity index (χ1) is 11.2. The van der Waals surface area contributed by atoms with Gasteiger partial charge < -0.3 is 4.57 Å². The fourth-order valence-electron chi connectivity index (χ4n) is 3.97. The highest BCUT2D eigenvalue weighted by atomic mass is 35.5. The van der Waals surface area contributed by atoms with Crippen LogP contribution < -0.4 is 5.56 Å².